The second-order valence-corrected chi connectivity index (χ2v) is 6.54. The molecule has 0 amide bonds. The lowest BCUT2D eigenvalue weighted by molar-refractivity contribution is 0.405. The van der Waals surface area contributed by atoms with Crippen molar-refractivity contribution in [3.05, 3.63) is 29.3 Å². The Morgan fingerprint density at radius 1 is 1.28 bits per heavy atom. The fourth-order valence-corrected chi connectivity index (χ4v) is 1.61. The topological polar surface area (TPSA) is 44.6 Å². The molecule has 100 valence electrons. The Morgan fingerprint density at radius 3 is 2.33 bits per heavy atom. The molecule has 0 aliphatic rings. The number of hydrogen-bond acceptors (Lipinski definition) is 3. The van der Waals surface area contributed by atoms with Crippen LogP contribution in [-0.2, 0) is 11.4 Å². The highest BCUT2D eigenvalue weighted by Gasteiger charge is 2.26. The Kier molecular flexibility index (Phi) is 4.70. The van der Waals surface area contributed by atoms with Crippen LogP contribution < -0.4 is 4.74 Å². The molecule has 1 aromatic carbocycles. The molecule has 1 rings (SSSR count). The van der Waals surface area contributed by atoms with Crippen molar-refractivity contribution in [3.63, 3.8) is 0 Å². The summed E-state index contributed by atoms with van der Waals surface area (Å²) in [5, 5.41) is 0. The standard InChI is InChI=1S/C12H15F2NO2S/c1-12(2,3)18(16)15-7-8-5-9(13)10(14)6-11(8)17-4/h5-7H,1-4H3/b15-7+. The van der Waals surface area contributed by atoms with Gasteiger partial charge in [-0.3, -0.25) is 0 Å². The Morgan fingerprint density at radius 2 is 1.83 bits per heavy atom. The molecule has 0 aromatic heterocycles. The minimum absolute atomic E-state index is 0.142. The van der Waals surface area contributed by atoms with Gasteiger partial charge in [-0.2, -0.15) is 0 Å². The van der Waals surface area contributed by atoms with Gasteiger partial charge in [0.15, 0.2) is 11.6 Å². The van der Waals surface area contributed by atoms with Crippen LogP contribution in [0, 0.1) is 11.6 Å². The van der Waals surface area contributed by atoms with Gasteiger partial charge in [0.2, 0.25) is 0 Å². The summed E-state index contributed by atoms with van der Waals surface area (Å²) in [6.07, 6.45) is 1.22. The smallest absolute Gasteiger partial charge is 0.162 e. The molecule has 0 aliphatic carbocycles. The zero-order chi connectivity index (χ0) is 13.9. The summed E-state index contributed by atoms with van der Waals surface area (Å²) in [6.45, 7) is 5.30. The molecule has 0 saturated carbocycles. The van der Waals surface area contributed by atoms with Crippen molar-refractivity contribution >= 4 is 17.6 Å². The predicted molar refractivity (Wildman–Crippen MR) is 68.4 cm³/mol. The van der Waals surface area contributed by atoms with Crippen LogP contribution in [0.5, 0.6) is 5.75 Å². The number of halogens is 2. The third kappa shape index (κ3) is 3.68. The summed E-state index contributed by atoms with van der Waals surface area (Å²) in [6, 6.07) is 1.88. The van der Waals surface area contributed by atoms with Crippen LogP contribution in [0.1, 0.15) is 26.3 Å². The maximum Gasteiger partial charge on any atom is 0.162 e. The third-order valence-electron chi connectivity index (χ3n) is 2.08. The third-order valence-corrected chi connectivity index (χ3v) is 3.43. The van der Waals surface area contributed by atoms with Crippen molar-refractivity contribution in [2.75, 3.05) is 7.11 Å². The summed E-state index contributed by atoms with van der Waals surface area (Å²) >= 11 is -1.46. The van der Waals surface area contributed by atoms with E-state index in [9.17, 15) is 13.3 Å². The summed E-state index contributed by atoms with van der Waals surface area (Å²) in [4.78, 5) is 0. The van der Waals surface area contributed by atoms with Gasteiger partial charge >= 0.3 is 0 Å². The molecular weight excluding hydrogens is 260 g/mol. The number of ether oxygens (including phenoxy) is 1. The lowest BCUT2D eigenvalue weighted by Gasteiger charge is -2.17. The molecular formula is C12H15F2NO2S. The van der Waals surface area contributed by atoms with Gasteiger partial charge in [-0.1, -0.05) is 4.40 Å². The SMILES string of the molecule is COc1cc(F)c(F)cc1/C=N/[S+]([O-])C(C)(C)C. The van der Waals surface area contributed by atoms with E-state index in [1.807, 2.05) is 0 Å². The summed E-state index contributed by atoms with van der Waals surface area (Å²) < 4.78 is 46.0. The molecule has 0 fully saturated rings. The van der Waals surface area contributed by atoms with Crippen LogP contribution in [0.4, 0.5) is 8.78 Å². The molecule has 0 spiro atoms. The Balaban J connectivity index is 3.04. The van der Waals surface area contributed by atoms with Crippen molar-refractivity contribution in [2.45, 2.75) is 25.5 Å². The van der Waals surface area contributed by atoms with Crippen LogP contribution in [-0.4, -0.2) is 22.6 Å². The normalized spacial score (nSPS) is 13.9. The molecule has 0 bridgehead atoms. The quantitative estimate of drug-likeness (QED) is 0.629. The van der Waals surface area contributed by atoms with Crippen molar-refractivity contribution in [2.24, 2.45) is 4.40 Å². The highest BCUT2D eigenvalue weighted by molar-refractivity contribution is 7.91. The molecule has 0 N–H and O–H groups in total. The minimum atomic E-state index is -1.46. The van der Waals surface area contributed by atoms with E-state index in [0.29, 0.717) is 0 Å². The van der Waals surface area contributed by atoms with Gasteiger partial charge in [-0.15, -0.1) is 0 Å². The van der Waals surface area contributed by atoms with E-state index in [4.69, 9.17) is 4.74 Å². The number of rotatable bonds is 3. The van der Waals surface area contributed by atoms with Crippen molar-refractivity contribution in [3.8, 4) is 5.75 Å². The summed E-state index contributed by atoms with van der Waals surface area (Å²) in [7, 11) is 1.34. The second-order valence-electron chi connectivity index (χ2n) is 4.60. The zero-order valence-corrected chi connectivity index (χ0v) is 11.5. The first kappa shape index (κ1) is 14.9. The van der Waals surface area contributed by atoms with E-state index < -0.39 is 27.7 Å². The summed E-state index contributed by atoms with van der Waals surface area (Å²) in [5.41, 5.74) is 0.244. The van der Waals surface area contributed by atoms with Crippen LogP contribution >= 0.6 is 0 Å². The van der Waals surface area contributed by atoms with E-state index in [1.54, 1.807) is 20.8 Å². The Labute approximate surface area is 108 Å². The molecule has 1 aromatic rings. The van der Waals surface area contributed by atoms with Gasteiger partial charge in [0, 0.05) is 11.6 Å². The van der Waals surface area contributed by atoms with Crippen LogP contribution in [0.15, 0.2) is 16.5 Å². The van der Waals surface area contributed by atoms with Crippen molar-refractivity contribution < 1.29 is 18.1 Å². The first-order valence-corrected chi connectivity index (χ1v) is 6.35. The van der Waals surface area contributed by atoms with E-state index in [2.05, 4.69) is 4.40 Å². The number of nitrogens with zero attached hydrogens (tertiary/aromatic N) is 1. The molecule has 0 radical (unpaired) electrons. The number of hydrogen-bond donors (Lipinski definition) is 0. The molecule has 6 heteroatoms. The van der Waals surface area contributed by atoms with Gasteiger partial charge in [0.05, 0.1) is 13.3 Å². The molecule has 3 nitrogen and oxygen atoms in total. The molecule has 1 atom stereocenters. The Hall–Kier alpha value is -1.14. The van der Waals surface area contributed by atoms with Crippen molar-refractivity contribution in [1.82, 2.24) is 0 Å². The van der Waals surface area contributed by atoms with Crippen LogP contribution in [0.3, 0.4) is 0 Å². The zero-order valence-electron chi connectivity index (χ0n) is 10.7. The maximum absolute atomic E-state index is 13.1. The van der Waals surface area contributed by atoms with Gasteiger partial charge in [-0.05, 0) is 26.8 Å². The van der Waals surface area contributed by atoms with E-state index in [-0.39, 0.29) is 11.3 Å². The van der Waals surface area contributed by atoms with Gasteiger partial charge in [0.25, 0.3) is 0 Å². The fraction of sp³-hybridized carbons (Fsp3) is 0.417. The highest BCUT2D eigenvalue weighted by atomic mass is 32.2. The van der Waals surface area contributed by atoms with E-state index in [0.717, 1.165) is 12.1 Å². The molecule has 18 heavy (non-hydrogen) atoms. The second kappa shape index (κ2) is 5.67. The number of methoxy groups -OCH3 is 1. The Bertz CT molecular complexity index is 458. The predicted octanol–water partition coefficient (Wildman–Crippen LogP) is 2.85. The molecule has 1 unspecified atom stereocenters. The van der Waals surface area contributed by atoms with E-state index in [1.165, 1.54) is 13.3 Å². The first-order chi connectivity index (χ1) is 8.25. The molecule has 0 heterocycles. The minimum Gasteiger partial charge on any atom is -0.591 e. The lowest BCUT2D eigenvalue weighted by atomic mass is 10.2. The van der Waals surface area contributed by atoms with Gasteiger partial charge in [0.1, 0.15) is 21.9 Å². The largest absolute Gasteiger partial charge is 0.591 e. The van der Waals surface area contributed by atoms with Gasteiger partial charge in [-0.25, -0.2) is 8.78 Å². The van der Waals surface area contributed by atoms with E-state index >= 15 is 0 Å². The van der Waals surface area contributed by atoms with Gasteiger partial charge < -0.3 is 9.29 Å². The fourth-order valence-electron chi connectivity index (χ4n) is 1.08. The average molecular weight is 275 g/mol. The first-order valence-electron chi connectivity index (χ1n) is 5.25. The average Bonchev–Trinajstić information content (AvgIpc) is 2.28. The highest BCUT2D eigenvalue weighted by Crippen LogP contribution is 2.22. The van der Waals surface area contributed by atoms with Crippen LogP contribution in [0.25, 0.3) is 0 Å². The lowest BCUT2D eigenvalue weighted by Crippen LogP contribution is -2.25. The maximum atomic E-state index is 13.1. The number of benzene rings is 1. The molecule has 0 saturated heterocycles. The van der Waals surface area contributed by atoms with Crippen molar-refractivity contribution in [1.29, 1.82) is 0 Å². The van der Waals surface area contributed by atoms with Crippen LogP contribution in [0.2, 0.25) is 0 Å². The molecule has 0 aliphatic heterocycles. The monoisotopic (exact) mass is 275 g/mol. The summed E-state index contributed by atoms with van der Waals surface area (Å²) in [5.74, 6) is -1.86.